The molecule has 0 spiro atoms. The van der Waals surface area contributed by atoms with Gasteiger partial charge in [-0.1, -0.05) is 6.55 Å². The fourth-order valence-corrected chi connectivity index (χ4v) is 2.23. The number of ether oxygens (including phenoxy) is 1. The van der Waals surface area contributed by atoms with E-state index in [1.165, 1.54) is 19.3 Å². The van der Waals surface area contributed by atoms with Crippen molar-refractivity contribution in [3.05, 3.63) is 0 Å². The molecule has 9 heavy (non-hydrogen) atoms. The van der Waals surface area contributed by atoms with E-state index in [1.807, 2.05) is 0 Å². The molecule has 0 bridgehead atoms. The lowest BCUT2D eigenvalue weighted by molar-refractivity contribution is 0.0655. The van der Waals surface area contributed by atoms with E-state index in [4.69, 9.17) is 4.74 Å². The van der Waals surface area contributed by atoms with Crippen molar-refractivity contribution in [1.82, 2.24) is 0 Å². The minimum atomic E-state index is 0. The molecular formula is C6H17AlOSi. The lowest BCUT2D eigenvalue weighted by Gasteiger charge is -2.20. The van der Waals surface area contributed by atoms with Gasteiger partial charge in [0.1, 0.15) is 0 Å². The normalized spacial score (nSPS) is 28.3. The monoisotopic (exact) mass is 160 g/mol. The Balaban J connectivity index is 0.000000640. The van der Waals surface area contributed by atoms with Gasteiger partial charge in [-0.3, -0.25) is 0 Å². The summed E-state index contributed by atoms with van der Waals surface area (Å²) in [5.41, 5.74) is 0.726. The van der Waals surface area contributed by atoms with Crippen LogP contribution in [0, 0.1) is 0 Å². The first kappa shape index (κ1) is 9.71. The minimum absolute atomic E-state index is 0. The molecule has 1 aliphatic rings. The molecule has 1 fully saturated rings. The highest BCUT2D eigenvalue weighted by Gasteiger charge is 2.10. The number of hydrogen-bond acceptors (Lipinski definition) is 1. The average molecular weight is 160 g/mol. The summed E-state index contributed by atoms with van der Waals surface area (Å²) in [7, 11) is 0.146. The zero-order valence-corrected chi connectivity index (χ0v) is 6.94. The highest BCUT2D eigenvalue weighted by Crippen LogP contribution is 2.10. The molecule has 0 aliphatic carbocycles. The highest BCUT2D eigenvalue weighted by molar-refractivity contribution is 6.35. The van der Waals surface area contributed by atoms with Crippen molar-refractivity contribution in [2.45, 2.75) is 31.5 Å². The second-order valence-corrected chi connectivity index (χ2v) is 4.12. The fraction of sp³-hybridized carbons (Fsp3) is 1.00. The van der Waals surface area contributed by atoms with Crippen molar-refractivity contribution in [1.29, 1.82) is 0 Å². The Kier molecular flexibility index (Phi) is 5.92. The summed E-state index contributed by atoms with van der Waals surface area (Å²) in [5, 5.41) is 0. The van der Waals surface area contributed by atoms with Crippen molar-refractivity contribution in [3.63, 3.8) is 0 Å². The Labute approximate surface area is 70.1 Å². The van der Waals surface area contributed by atoms with Crippen molar-refractivity contribution < 1.29 is 4.74 Å². The maximum atomic E-state index is 5.49. The van der Waals surface area contributed by atoms with Crippen LogP contribution in [0.25, 0.3) is 0 Å². The smallest absolute Gasteiger partial charge is 0.187 e. The van der Waals surface area contributed by atoms with E-state index in [9.17, 15) is 0 Å². The molecule has 1 saturated heterocycles. The maximum Gasteiger partial charge on any atom is 0.187 e. The van der Waals surface area contributed by atoms with Gasteiger partial charge in [0.25, 0.3) is 0 Å². The molecule has 54 valence electrons. The van der Waals surface area contributed by atoms with Gasteiger partial charge in [-0.15, -0.1) is 0 Å². The molecular weight excluding hydrogens is 143 g/mol. The molecule has 0 aromatic heterocycles. The summed E-state index contributed by atoms with van der Waals surface area (Å²) >= 11 is 0. The van der Waals surface area contributed by atoms with Crippen molar-refractivity contribution in [2.75, 3.05) is 6.61 Å². The van der Waals surface area contributed by atoms with Gasteiger partial charge in [-0.25, -0.2) is 0 Å². The molecule has 1 unspecified atom stereocenters. The quantitative estimate of drug-likeness (QED) is 0.472. The summed E-state index contributed by atoms with van der Waals surface area (Å²) < 4.78 is 5.49. The molecule has 0 saturated carbocycles. The Morgan fingerprint density at radius 2 is 2.22 bits per heavy atom. The van der Waals surface area contributed by atoms with Crippen LogP contribution in [0.1, 0.15) is 19.3 Å². The maximum absolute atomic E-state index is 5.49. The first-order chi connectivity index (χ1) is 3.93. The predicted octanol–water partition coefficient (Wildman–Crippen LogP) is -0.454. The Bertz CT molecular complexity index is 64.1. The average Bonchev–Trinajstić information content (AvgIpc) is 1.90. The van der Waals surface area contributed by atoms with Crippen LogP contribution >= 0.6 is 0 Å². The van der Waals surface area contributed by atoms with Gasteiger partial charge in [0.15, 0.2) is 17.4 Å². The summed E-state index contributed by atoms with van der Waals surface area (Å²) in [5.74, 6) is 0. The van der Waals surface area contributed by atoms with Crippen LogP contribution in [0.2, 0.25) is 6.55 Å². The van der Waals surface area contributed by atoms with Gasteiger partial charge in [-0.2, -0.15) is 0 Å². The van der Waals surface area contributed by atoms with Crippen molar-refractivity contribution in [3.8, 4) is 0 Å². The molecule has 0 radical (unpaired) electrons. The second kappa shape index (κ2) is 5.49. The minimum Gasteiger partial charge on any atom is -0.382 e. The lowest BCUT2D eigenvalue weighted by Crippen LogP contribution is -2.23. The van der Waals surface area contributed by atoms with Crippen LogP contribution in [0.5, 0.6) is 0 Å². The highest BCUT2D eigenvalue weighted by atomic mass is 28.2. The molecule has 1 atom stereocenters. The van der Waals surface area contributed by atoms with E-state index >= 15 is 0 Å². The molecule has 1 heterocycles. The van der Waals surface area contributed by atoms with E-state index in [0.29, 0.717) is 0 Å². The van der Waals surface area contributed by atoms with Gasteiger partial charge >= 0.3 is 0 Å². The second-order valence-electron chi connectivity index (χ2n) is 2.40. The zero-order valence-electron chi connectivity index (χ0n) is 5.52. The first-order valence-electron chi connectivity index (χ1n) is 3.55. The molecule has 1 rings (SSSR count). The van der Waals surface area contributed by atoms with E-state index in [-0.39, 0.29) is 26.9 Å². The Hall–Kier alpha value is 0.709. The van der Waals surface area contributed by atoms with E-state index < -0.39 is 0 Å². The molecule has 1 nitrogen and oxygen atoms in total. The summed E-state index contributed by atoms with van der Waals surface area (Å²) in [4.78, 5) is 0. The van der Waals surface area contributed by atoms with Crippen molar-refractivity contribution >= 4 is 26.9 Å². The van der Waals surface area contributed by atoms with Gasteiger partial charge in [0, 0.05) is 12.3 Å². The SMILES string of the molecule is C[SiH2]C1CCCCO1.[AlH3]. The van der Waals surface area contributed by atoms with Gasteiger partial charge < -0.3 is 4.74 Å². The number of hydrogen-bond donors (Lipinski definition) is 0. The van der Waals surface area contributed by atoms with Gasteiger partial charge in [-0.05, 0) is 19.3 Å². The van der Waals surface area contributed by atoms with E-state index in [0.717, 1.165) is 12.3 Å². The van der Waals surface area contributed by atoms with E-state index in [1.54, 1.807) is 0 Å². The molecule has 0 amide bonds. The van der Waals surface area contributed by atoms with Gasteiger partial charge in [0.2, 0.25) is 0 Å². The Morgan fingerprint density at radius 1 is 1.44 bits per heavy atom. The third-order valence-corrected chi connectivity index (χ3v) is 3.28. The molecule has 0 N–H and O–H groups in total. The third kappa shape index (κ3) is 3.42. The van der Waals surface area contributed by atoms with Gasteiger partial charge in [0.05, 0.1) is 9.52 Å². The van der Waals surface area contributed by atoms with Crippen LogP contribution in [-0.2, 0) is 4.74 Å². The molecule has 0 aromatic rings. The van der Waals surface area contributed by atoms with Crippen LogP contribution in [0.4, 0.5) is 0 Å². The van der Waals surface area contributed by atoms with Crippen LogP contribution in [0.15, 0.2) is 0 Å². The van der Waals surface area contributed by atoms with Crippen LogP contribution in [0.3, 0.4) is 0 Å². The van der Waals surface area contributed by atoms with E-state index in [2.05, 4.69) is 6.55 Å². The summed E-state index contributed by atoms with van der Waals surface area (Å²) in [6.45, 7) is 3.36. The number of rotatable bonds is 1. The standard InChI is InChI=1S/C6H14OSi.Al.3H/c1-8-6-4-2-3-5-7-6;;;;/h6H,2-5,8H2,1H3;;;;. The largest absolute Gasteiger partial charge is 0.382 e. The van der Waals surface area contributed by atoms with Crippen LogP contribution in [-0.4, -0.2) is 39.2 Å². The molecule has 3 heteroatoms. The van der Waals surface area contributed by atoms with Crippen molar-refractivity contribution in [2.24, 2.45) is 0 Å². The Morgan fingerprint density at radius 3 is 2.56 bits per heavy atom. The summed E-state index contributed by atoms with van der Waals surface area (Å²) in [6.07, 6.45) is 4.05. The van der Waals surface area contributed by atoms with Crippen LogP contribution < -0.4 is 0 Å². The lowest BCUT2D eigenvalue weighted by atomic mass is 10.2. The fourth-order valence-electron chi connectivity index (χ4n) is 1.13. The topological polar surface area (TPSA) is 9.23 Å². The molecule has 0 aromatic carbocycles. The third-order valence-electron chi connectivity index (χ3n) is 1.73. The predicted molar refractivity (Wildman–Crippen MR) is 47.9 cm³/mol. The summed E-state index contributed by atoms with van der Waals surface area (Å²) in [6, 6.07) is 0. The zero-order chi connectivity index (χ0) is 5.82. The first-order valence-corrected chi connectivity index (χ1v) is 5.78. The molecule has 1 aliphatic heterocycles.